The summed E-state index contributed by atoms with van der Waals surface area (Å²) in [6.07, 6.45) is 5.73. The smallest absolute Gasteiger partial charge is 0.242 e. The first-order valence-corrected chi connectivity index (χ1v) is 14.2. The van der Waals surface area contributed by atoms with Crippen LogP contribution in [0.3, 0.4) is 0 Å². The van der Waals surface area contributed by atoms with Crippen molar-refractivity contribution in [3.8, 4) is 0 Å². The highest BCUT2D eigenvalue weighted by Crippen LogP contribution is 2.21. The molecule has 0 spiro atoms. The average molecular weight is 520 g/mol. The summed E-state index contributed by atoms with van der Waals surface area (Å²) in [5, 5.41) is 3.68. The second-order valence-electron chi connectivity index (χ2n) is 9.09. The summed E-state index contributed by atoms with van der Waals surface area (Å²) >= 11 is 6.01. The number of hydrogen-bond acceptors (Lipinski definition) is 4. The second kappa shape index (κ2) is 12.4. The fraction of sp³-hybridized carbons (Fsp3) is 0.462. The third-order valence-corrected chi connectivity index (χ3v) is 7.78. The summed E-state index contributed by atoms with van der Waals surface area (Å²) in [6, 6.07) is 15.5. The first-order chi connectivity index (χ1) is 16.6. The summed E-state index contributed by atoms with van der Waals surface area (Å²) in [6.45, 7) is 2.18. The van der Waals surface area contributed by atoms with Gasteiger partial charge in [0.1, 0.15) is 6.04 Å². The van der Waals surface area contributed by atoms with Gasteiger partial charge in [-0.2, -0.15) is 0 Å². The number of amides is 2. The summed E-state index contributed by atoms with van der Waals surface area (Å²) in [5.41, 5.74) is 1.43. The van der Waals surface area contributed by atoms with Crippen LogP contribution in [0.25, 0.3) is 0 Å². The van der Waals surface area contributed by atoms with Gasteiger partial charge in [-0.1, -0.05) is 54.8 Å². The van der Waals surface area contributed by atoms with E-state index in [0.717, 1.165) is 37.5 Å². The van der Waals surface area contributed by atoms with Crippen molar-refractivity contribution < 1.29 is 18.0 Å². The number of carbonyl (C=O) groups is 2. The lowest BCUT2D eigenvalue weighted by Gasteiger charge is -2.30. The number of hydrogen-bond donors (Lipinski definition) is 1. The van der Waals surface area contributed by atoms with Gasteiger partial charge in [0.25, 0.3) is 0 Å². The molecule has 1 N–H and O–H groups in total. The quantitative estimate of drug-likeness (QED) is 0.478. The molecule has 0 radical (unpaired) electrons. The molecule has 0 aliphatic heterocycles. The fourth-order valence-corrected chi connectivity index (χ4v) is 5.45. The van der Waals surface area contributed by atoms with E-state index >= 15 is 0 Å². The van der Waals surface area contributed by atoms with Crippen molar-refractivity contribution in [3.05, 3.63) is 65.2 Å². The standard InChI is InChI=1S/C26H34ClN3O4S/c1-20(26(32)28-23-9-6-7-10-23)29(19-21-14-16-22(27)17-15-21)25(31)13-8-18-30(35(2,33)34)24-11-4-3-5-12-24/h3-5,11-12,14-17,20,23H,6-10,13,18-19H2,1-2H3,(H,28,32)/t20-/m0/s1. The van der Waals surface area contributed by atoms with E-state index in [1.54, 1.807) is 48.2 Å². The Labute approximate surface area is 213 Å². The molecular weight excluding hydrogens is 486 g/mol. The summed E-state index contributed by atoms with van der Waals surface area (Å²) < 4.78 is 26.0. The van der Waals surface area contributed by atoms with Gasteiger partial charge in [-0.05, 0) is 56.0 Å². The Bertz CT molecular complexity index is 1090. The van der Waals surface area contributed by atoms with Gasteiger partial charge < -0.3 is 10.2 Å². The SMILES string of the molecule is C[C@@H](C(=O)NC1CCCC1)N(Cc1ccc(Cl)cc1)C(=O)CCCN(c1ccccc1)S(C)(=O)=O. The maximum Gasteiger partial charge on any atom is 0.242 e. The molecule has 1 aliphatic rings. The van der Waals surface area contributed by atoms with Gasteiger partial charge in [0, 0.05) is 30.6 Å². The number of nitrogens with one attached hydrogen (secondary N) is 1. The fourth-order valence-electron chi connectivity index (χ4n) is 4.36. The van der Waals surface area contributed by atoms with Crippen LogP contribution in [0.2, 0.25) is 5.02 Å². The molecule has 190 valence electrons. The zero-order chi connectivity index (χ0) is 25.4. The number of rotatable bonds is 11. The molecule has 7 nitrogen and oxygen atoms in total. The molecule has 0 unspecified atom stereocenters. The van der Waals surface area contributed by atoms with Crippen molar-refractivity contribution in [2.75, 3.05) is 17.1 Å². The van der Waals surface area contributed by atoms with Crippen molar-refractivity contribution in [3.63, 3.8) is 0 Å². The van der Waals surface area contributed by atoms with E-state index in [1.807, 2.05) is 18.2 Å². The molecule has 1 atom stereocenters. The minimum absolute atomic E-state index is 0.119. The molecule has 0 saturated heterocycles. The van der Waals surface area contributed by atoms with Gasteiger partial charge in [0.15, 0.2) is 0 Å². The minimum atomic E-state index is -3.50. The van der Waals surface area contributed by atoms with Gasteiger partial charge in [-0.3, -0.25) is 13.9 Å². The first-order valence-electron chi connectivity index (χ1n) is 12.0. The van der Waals surface area contributed by atoms with Crippen molar-refractivity contribution in [2.45, 2.75) is 64.1 Å². The Balaban J connectivity index is 1.69. The number of para-hydroxylation sites is 1. The van der Waals surface area contributed by atoms with Crippen LogP contribution in [0, 0.1) is 0 Å². The maximum atomic E-state index is 13.3. The van der Waals surface area contributed by atoms with Crippen molar-refractivity contribution in [2.24, 2.45) is 0 Å². The predicted octanol–water partition coefficient (Wildman–Crippen LogP) is 4.36. The molecule has 0 heterocycles. The van der Waals surface area contributed by atoms with Gasteiger partial charge in [-0.25, -0.2) is 8.42 Å². The van der Waals surface area contributed by atoms with E-state index in [4.69, 9.17) is 11.6 Å². The Morgan fingerprint density at radius 3 is 2.29 bits per heavy atom. The molecule has 35 heavy (non-hydrogen) atoms. The Morgan fingerprint density at radius 1 is 1.06 bits per heavy atom. The third-order valence-electron chi connectivity index (χ3n) is 6.33. The average Bonchev–Trinajstić information content (AvgIpc) is 3.33. The lowest BCUT2D eigenvalue weighted by atomic mass is 10.1. The molecule has 0 aromatic heterocycles. The number of carbonyl (C=O) groups excluding carboxylic acids is 2. The molecule has 2 aromatic carbocycles. The van der Waals surface area contributed by atoms with E-state index < -0.39 is 16.1 Å². The molecule has 2 aromatic rings. The van der Waals surface area contributed by atoms with Gasteiger partial charge in [0.05, 0.1) is 11.9 Å². The van der Waals surface area contributed by atoms with Crippen molar-refractivity contribution >= 4 is 39.1 Å². The number of halogens is 1. The largest absolute Gasteiger partial charge is 0.352 e. The highest BCUT2D eigenvalue weighted by molar-refractivity contribution is 7.92. The van der Waals surface area contributed by atoms with E-state index in [1.165, 1.54) is 4.31 Å². The number of sulfonamides is 1. The molecule has 1 fully saturated rings. The topological polar surface area (TPSA) is 86.8 Å². The lowest BCUT2D eigenvalue weighted by molar-refractivity contribution is -0.141. The van der Waals surface area contributed by atoms with Crippen molar-refractivity contribution in [1.82, 2.24) is 10.2 Å². The highest BCUT2D eigenvalue weighted by Gasteiger charge is 2.28. The van der Waals surface area contributed by atoms with Crippen LogP contribution < -0.4 is 9.62 Å². The zero-order valence-electron chi connectivity index (χ0n) is 20.3. The monoisotopic (exact) mass is 519 g/mol. The summed E-state index contributed by atoms with van der Waals surface area (Å²) in [5.74, 6) is -0.364. The van der Waals surface area contributed by atoms with Gasteiger partial charge in [-0.15, -0.1) is 0 Å². The van der Waals surface area contributed by atoms with Crippen LogP contribution in [0.5, 0.6) is 0 Å². The van der Waals surface area contributed by atoms with Crippen LogP contribution in [0.1, 0.15) is 51.0 Å². The number of nitrogens with zero attached hydrogens (tertiary/aromatic N) is 2. The normalized spacial score (nSPS) is 14.9. The Morgan fingerprint density at radius 2 is 1.69 bits per heavy atom. The molecule has 2 amide bonds. The van der Waals surface area contributed by atoms with Crippen LogP contribution in [0.15, 0.2) is 54.6 Å². The highest BCUT2D eigenvalue weighted by atomic mass is 35.5. The van der Waals surface area contributed by atoms with Crippen LogP contribution >= 0.6 is 11.6 Å². The van der Waals surface area contributed by atoms with E-state index in [-0.39, 0.29) is 37.4 Å². The summed E-state index contributed by atoms with van der Waals surface area (Å²) in [7, 11) is -3.50. The minimum Gasteiger partial charge on any atom is -0.352 e. The second-order valence-corrected chi connectivity index (χ2v) is 11.4. The maximum absolute atomic E-state index is 13.3. The first kappa shape index (κ1) is 27.0. The van der Waals surface area contributed by atoms with Gasteiger partial charge >= 0.3 is 0 Å². The lowest BCUT2D eigenvalue weighted by Crippen LogP contribution is -2.49. The molecule has 1 saturated carbocycles. The Hall–Kier alpha value is -2.58. The number of anilines is 1. The molecular formula is C26H34ClN3O4S. The number of benzene rings is 2. The van der Waals surface area contributed by atoms with Crippen LogP contribution in [0.4, 0.5) is 5.69 Å². The molecule has 9 heteroatoms. The zero-order valence-corrected chi connectivity index (χ0v) is 21.9. The van der Waals surface area contributed by atoms with E-state index in [0.29, 0.717) is 17.1 Å². The van der Waals surface area contributed by atoms with Crippen molar-refractivity contribution in [1.29, 1.82) is 0 Å². The molecule has 1 aliphatic carbocycles. The molecule has 3 rings (SSSR count). The Kier molecular flexibility index (Phi) is 9.57. The van der Waals surface area contributed by atoms with Crippen LogP contribution in [-0.2, 0) is 26.2 Å². The van der Waals surface area contributed by atoms with Crippen LogP contribution in [-0.4, -0.2) is 50.0 Å². The van der Waals surface area contributed by atoms with E-state index in [9.17, 15) is 18.0 Å². The third kappa shape index (κ3) is 7.97. The summed E-state index contributed by atoms with van der Waals surface area (Å²) in [4.78, 5) is 27.9. The van der Waals surface area contributed by atoms with Gasteiger partial charge in [0.2, 0.25) is 21.8 Å². The van der Waals surface area contributed by atoms with E-state index in [2.05, 4.69) is 5.32 Å². The predicted molar refractivity (Wildman–Crippen MR) is 140 cm³/mol. The molecule has 0 bridgehead atoms.